The summed E-state index contributed by atoms with van der Waals surface area (Å²) < 4.78 is 42.4. The van der Waals surface area contributed by atoms with Gasteiger partial charge in [0.1, 0.15) is 18.4 Å². The van der Waals surface area contributed by atoms with Crippen LogP contribution >= 0.6 is 0 Å². The van der Waals surface area contributed by atoms with Crippen LogP contribution in [0.4, 0.5) is 10.1 Å². The van der Waals surface area contributed by atoms with E-state index in [0.29, 0.717) is 0 Å². The number of hydrogen-bond acceptors (Lipinski definition) is 4. The van der Waals surface area contributed by atoms with E-state index in [1.165, 1.54) is 17.0 Å². The number of para-hydroxylation sites is 1. The van der Waals surface area contributed by atoms with Crippen LogP contribution in [-0.2, 0) is 32.6 Å². The predicted octanol–water partition coefficient (Wildman–Crippen LogP) is 5.19. The number of nitrogens with one attached hydrogen (secondary N) is 1. The first-order valence-electron chi connectivity index (χ1n) is 13.7. The molecule has 0 spiro atoms. The molecular formula is C33H34FN3O4S. The highest BCUT2D eigenvalue weighted by atomic mass is 32.2. The molecule has 0 aliphatic heterocycles. The van der Waals surface area contributed by atoms with Crippen molar-refractivity contribution in [2.24, 2.45) is 0 Å². The Kier molecular flexibility index (Phi) is 10.1. The summed E-state index contributed by atoms with van der Waals surface area (Å²) in [5.74, 6) is -1.48. The number of rotatable bonds is 12. The van der Waals surface area contributed by atoms with Crippen molar-refractivity contribution in [2.75, 3.05) is 10.8 Å². The topological polar surface area (TPSA) is 86.8 Å². The minimum atomic E-state index is -4.28. The Bertz CT molecular complexity index is 1570. The van der Waals surface area contributed by atoms with Gasteiger partial charge < -0.3 is 10.2 Å². The molecule has 4 rings (SSSR count). The molecule has 1 atom stereocenters. The van der Waals surface area contributed by atoms with Crippen LogP contribution in [0.5, 0.6) is 0 Å². The Morgan fingerprint density at radius 2 is 1.29 bits per heavy atom. The maximum atomic E-state index is 14.3. The molecule has 4 aromatic carbocycles. The van der Waals surface area contributed by atoms with Gasteiger partial charge in [0.25, 0.3) is 10.0 Å². The van der Waals surface area contributed by atoms with Crippen molar-refractivity contribution < 1.29 is 22.4 Å². The summed E-state index contributed by atoms with van der Waals surface area (Å²) in [5, 5.41) is 2.93. The van der Waals surface area contributed by atoms with Gasteiger partial charge in [-0.25, -0.2) is 12.8 Å². The second kappa shape index (κ2) is 13.9. The van der Waals surface area contributed by atoms with Crippen molar-refractivity contribution in [1.82, 2.24) is 10.2 Å². The molecule has 0 aliphatic rings. The minimum absolute atomic E-state index is 0.0852. The SMILES string of the molecule is CC(C)NC(=O)C(Cc1ccccc1)N(Cc1ccccc1)C(=O)CN(c1ccccc1)S(=O)(=O)c1ccc(F)cc1. The highest BCUT2D eigenvalue weighted by molar-refractivity contribution is 7.92. The Morgan fingerprint density at radius 3 is 1.83 bits per heavy atom. The number of benzene rings is 4. The van der Waals surface area contributed by atoms with Crippen LogP contribution in [0.15, 0.2) is 120 Å². The van der Waals surface area contributed by atoms with Crippen molar-refractivity contribution >= 4 is 27.5 Å². The second-order valence-electron chi connectivity index (χ2n) is 10.2. The fraction of sp³-hybridized carbons (Fsp3) is 0.212. The van der Waals surface area contributed by atoms with E-state index in [1.54, 1.807) is 30.3 Å². The Labute approximate surface area is 246 Å². The zero-order chi connectivity index (χ0) is 30.1. The molecule has 0 saturated carbocycles. The van der Waals surface area contributed by atoms with Gasteiger partial charge in [-0.15, -0.1) is 0 Å². The van der Waals surface area contributed by atoms with E-state index in [2.05, 4.69) is 5.32 Å². The summed E-state index contributed by atoms with van der Waals surface area (Å²) in [4.78, 5) is 29.2. The molecule has 42 heavy (non-hydrogen) atoms. The van der Waals surface area contributed by atoms with Gasteiger partial charge >= 0.3 is 0 Å². The van der Waals surface area contributed by atoms with Crippen molar-refractivity contribution in [1.29, 1.82) is 0 Å². The fourth-order valence-electron chi connectivity index (χ4n) is 4.57. The summed E-state index contributed by atoms with van der Waals surface area (Å²) in [5.41, 5.74) is 1.90. The van der Waals surface area contributed by atoms with E-state index in [4.69, 9.17) is 0 Å². The van der Waals surface area contributed by atoms with Crippen molar-refractivity contribution in [3.63, 3.8) is 0 Å². The zero-order valence-electron chi connectivity index (χ0n) is 23.6. The smallest absolute Gasteiger partial charge is 0.264 e. The average Bonchev–Trinajstić information content (AvgIpc) is 2.99. The molecular weight excluding hydrogens is 553 g/mol. The minimum Gasteiger partial charge on any atom is -0.352 e. The van der Waals surface area contributed by atoms with Gasteiger partial charge in [0.05, 0.1) is 10.6 Å². The predicted molar refractivity (Wildman–Crippen MR) is 162 cm³/mol. The molecule has 0 bridgehead atoms. The van der Waals surface area contributed by atoms with Crippen molar-refractivity contribution in [2.45, 2.75) is 43.8 Å². The number of carbonyl (C=O) groups is 2. The Morgan fingerprint density at radius 1 is 0.762 bits per heavy atom. The number of amides is 2. The summed E-state index contributed by atoms with van der Waals surface area (Å²) in [6.45, 7) is 3.19. The summed E-state index contributed by atoms with van der Waals surface area (Å²) in [6, 6.07) is 30.2. The quantitative estimate of drug-likeness (QED) is 0.247. The molecule has 0 aliphatic carbocycles. The third kappa shape index (κ3) is 7.82. The van der Waals surface area contributed by atoms with E-state index in [0.717, 1.165) is 27.6 Å². The number of nitrogens with zero attached hydrogens (tertiary/aromatic N) is 2. The van der Waals surface area contributed by atoms with Crippen LogP contribution in [0, 0.1) is 5.82 Å². The van der Waals surface area contributed by atoms with Gasteiger partial charge in [0.15, 0.2) is 0 Å². The van der Waals surface area contributed by atoms with Crippen LogP contribution in [-0.4, -0.2) is 43.8 Å². The lowest BCUT2D eigenvalue weighted by molar-refractivity contribution is -0.140. The molecule has 4 aromatic rings. The molecule has 218 valence electrons. The largest absolute Gasteiger partial charge is 0.352 e. The van der Waals surface area contributed by atoms with E-state index < -0.39 is 34.3 Å². The van der Waals surface area contributed by atoms with Gasteiger partial charge in [-0.05, 0) is 61.4 Å². The van der Waals surface area contributed by atoms with Gasteiger partial charge in [-0.2, -0.15) is 0 Å². The summed E-state index contributed by atoms with van der Waals surface area (Å²) in [6.07, 6.45) is 0.230. The molecule has 0 heterocycles. The molecule has 1 unspecified atom stereocenters. The van der Waals surface area contributed by atoms with Crippen molar-refractivity contribution in [3.8, 4) is 0 Å². The second-order valence-corrected chi connectivity index (χ2v) is 12.0. The first-order chi connectivity index (χ1) is 20.1. The monoisotopic (exact) mass is 587 g/mol. The third-order valence-electron chi connectivity index (χ3n) is 6.62. The van der Waals surface area contributed by atoms with Crippen molar-refractivity contribution in [3.05, 3.63) is 132 Å². The van der Waals surface area contributed by atoms with Crippen LogP contribution in [0.2, 0.25) is 0 Å². The first-order valence-corrected chi connectivity index (χ1v) is 15.1. The van der Waals surface area contributed by atoms with Gasteiger partial charge in [-0.1, -0.05) is 78.9 Å². The van der Waals surface area contributed by atoms with E-state index in [-0.39, 0.29) is 35.5 Å². The molecule has 2 amide bonds. The Hall–Kier alpha value is -4.50. The molecule has 0 aromatic heterocycles. The number of carbonyl (C=O) groups excluding carboxylic acids is 2. The highest BCUT2D eigenvalue weighted by Crippen LogP contribution is 2.25. The lowest BCUT2D eigenvalue weighted by Crippen LogP contribution is -2.54. The van der Waals surface area contributed by atoms with E-state index >= 15 is 0 Å². The number of sulfonamides is 1. The average molecular weight is 588 g/mol. The molecule has 0 fully saturated rings. The van der Waals surface area contributed by atoms with Crippen LogP contribution < -0.4 is 9.62 Å². The molecule has 0 saturated heterocycles. The van der Waals surface area contributed by atoms with Gasteiger partial charge in [-0.3, -0.25) is 13.9 Å². The lowest BCUT2D eigenvalue weighted by Gasteiger charge is -2.34. The molecule has 1 N–H and O–H groups in total. The normalized spacial score (nSPS) is 12.0. The molecule has 9 heteroatoms. The number of halogens is 1. The van der Waals surface area contributed by atoms with E-state index in [1.807, 2.05) is 74.5 Å². The third-order valence-corrected chi connectivity index (χ3v) is 8.41. The Balaban J connectivity index is 1.77. The van der Waals surface area contributed by atoms with Gasteiger partial charge in [0.2, 0.25) is 11.8 Å². The number of hydrogen-bond donors (Lipinski definition) is 1. The zero-order valence-corrected chi connectivity index (χ0v) is 24.4. The first kappa shape index (κ1) is 30.5. The molecule has 0 radical (unpaired) electrons. The summed E-state index contributed by atoms with van der Waals surface area (Å²) >= 11 is 0. The van der Waals surface area contributed by atoms with Gasteiger partial charge in [0, 0.05) is 19.0 Å². The molecule has 7 nitrogen and oxygen atoms in total. The number of anilines is 1. The fourth-order valence-corrected chi connectivity index (χ4v) is 5.99. The maximum Gasteiger partial charge on any atom is 0.264 e. The van der Waals surface area contributed by atoms with Crippen LogP contribution in [0.3, 0.4) is 0 Å². The standard InChI is InChI=1S/C33H34FN3O4S/c1-25(2)35-33(39)31(22-26-12-6-3-7-13-26)36(23-27-14-8-4-9-15-27)32(38)24-37(29-16-10-5-11-17-29)42(40,41)30-20-18-28(34)19-21-30/h3-21,25,31H,22-24H2,1-2H3,(H,35,39). The maximum absolute atomic E-state index is 14.3. The summed E-state index contributed by atoms with van der Waals surface area (Å²) in [7, 11) is -4.28. The van der Waals surface area contributed by atoms with Crippen LogP contribution in [0.25, 0.3) is 0 Å². The van der Waals surface area contributed by atoms with Crippen LogP contribution in [0.1, 0.15) is 25.0 Å². The highest BCUT2D eigenvalue weighted by Gasteiger charge is 2.34. The van der Waals surface area contributed by atoms with E-state index in [9.17, 15) is 22.4 Å². The lowest BCUT2D eigenvalue weighted by atomic mass is 10.0.